The fraction of sp³-hybridized carbons (Fsp3) is 0.345. The van der Waals surface area contributed by atoms with E-state index < -0.39 is 10.0 Å². The molecule has 35 heavy (non-hydrogen) atoms. The summed E-state index contributed by atoms with van der Waals surface area (Å²) in [4.78, 5) is 2.57. The largest absolute Gasteiger partial charge is 0.371 e. The fourth-order valence-corrected chi connectivity index (χ4v) is 7.01. The van der Waals surface area contributed by atoms with Crippen LogP contribution in [0.15, 0.2) is 83.8 Å². The summed E-state index contributed by atoms with van der Waals surface area (Å²) in [5.41, 5.74) is 3.45. The molecule has 3 aromatic carbocycles. The molecule has 2 saturated heterocycles. The van der Waals surface area contributed by atoms with Gasteiger partial charge in [0, 0.05) is 30.6 Å². The standard InChI is InChI=1S/C29H33N3O2S/c30-21-27-28(31-35(33,34)25-10-5-2-6-11-25)12-7-13-29(27)32-18-16-23-20-24(17-19-32)26(23)15-14-22-8-3-1-4-9-22/h1-13,21,23-24,26,30-31H,14-20H2. The first-order valence-electron chi connectivity index (χ1n) is 12.6. The van der Waals surface area contributed by atoms with Crippen molar-refractivity contribution >= 4 is 27.6 Å². The van der Waals surface area contributed by atoms with E-state index in [2.05, 4.69) is 40.0 Å². The van der Waals surface area contributed by atoms with Crippen molar-refractivity contribution in [3.05, 3.63) is 90.0 Å². The molecule has 0 spiro atoms. The predicted octanol–water partition coefficient (Wildman–Crippen LogP) is 5.97. The Labute approximate surface area is 208 Å². The van der Waals surface area contributed by atoms with Gasteiger partial charge in [0.15, 0.2) is 0 Å². The van der Waals surface area contributed by atoms with E-state index >= 15 is 0 Å². The second-order valence-corrected chi connectivity index (χ2v) is 11.5. The van der Waals surface area contributed by atoms with Crippen molar-refractivity contribution < 1.29 is 8.42 Å². The number of aryl methyl sites for hydroxylation is 1. The topological polar surface area (TPSA) is 73.3 Å². The van der Waals surface area contributed by atoms with Gasteiger partial charge >= 0.3 is 0 Å². The SMILES string of the molecule is N=Cc1c(NS(=O)(=O)c2ccccc2)cccc1N1CCC2CC(CC1)C2CCc1ccccc1. The van der Waals surface area contributed by atoms with Crippen LogP contribution in [0.25, 0.3) is 0 Å². The number of rotatable bonds is 8. The molecule has 5 nitrogen and oxygen atoms in total. The van der Waals surface area contributed by atoms with E-state index in [1.54, 1.807) is 36.4 Å². The Morgan fingerprint density at radius 2 is 1.54 bits per heavy atom. The van der Waals surface area contributed by atoms with Gasteiger partial charge in [-0.25, -0.2) is 8.42 Å². The highest BCUT2D eigenvalue weighted by Gasteiger charge is 2.41. The summed E-state index contributed by atoms with van der Waals surface area (Å²) < 4.78 is 28.5. The van der Waals surface area contributed by atoms with Gasteiger partial charge < -0.3 is 10.3 Å². The highest BCUT2D eigenvalue weighted by atomic mass is 32.2. The van der Waals surface area contributed by atoms with E-state index in [1.807, 2.05) is 12.1 Å². The predicted molar refractivity (Wildman–Crippen MR) is 143 cm³/mol. The summed E-state index contributed by atoms with van der Waals surface area (Å²) >= 11 is 0. The molecule has 1 aliphatic carbocycles. The third-order valence-corrected chi connectivity index (χ3v) is 9.21. The van der Waals surface area contributed by atoms with E-state index in [9.17, 15) is 8.42 Å². The summed E-state index contributed by atoms with van der Waals surface area (Å²) in [6, 6.07) is 24.8. The molecule has 2 bridgehead atoms. The molecule has 182 valence electrons. The zero-order chi connectivity index (χ0) is 24.3. The van der Waals surface area contributed by atoms with Crippen molar-refractivity contribution in [3.63, 3.8) is 0 Å². The molecular formula is C29H33N3O2S. The lowest BCUT2D eigenvalue weighted by Gasteiger charge is -2.49. The molecule has 0 radical (unpaired) electrons. The molecule has 0 aromatic heterocycles. The monoisotopic (exact) mass is 487 g/mol. The van der Waals surface area contributed by atoms with Crippen molar-refractivity contribution in [1.29, 1.82) is 5.41 Å². The molecule has 2 N–H and O–H groups in total. The van der Waals surface area contributed by atoms with Crippen LogP contribution in [-0.2, 0) is 16.4 Å². The van der Waals surface area contributed by atoms with Crippen LogP contribution in [0.3, 0.4) is 0 Å². The Balaban J connectivity index is 1.28. The minimum absolute atomic E-state index is 0.217. The first-order valence-corrected chi connectivity index (χ1v) is 14.0. The molecule has 2 unspecified atom stereocenters. The average Bonchev–Trinajstić information content (AvgIpc) is 2.84. The van der Waals surface area contributed by atoms with Gasteiger partial charge in [-0.05, 0) is 79.7 Å². The molecule has 3 aromatic rings. The second kappa shape index (κ2) is 10.2. The van der Waals surface area contributed by atoms with Gasteiger partial charge in [0.25, 0.3) is 10.0 Å². The number of nitrogens with one attached hydrogen (secondary N) is 2. The van der Waals surface area contributed by atoms with Crippen molar-refractivity contribution in [2.24, 2.45) is 17.8 Å². The minimum Gasteiger partial charge on any atom is -0.371 e. The molecule has 6 rings (SSSR count). The van der Waals surface area contributed by atoms with E-state index in [0.29, 0.717) is 11.3 Å². The third-order valence-electron chi connectivity index (χ3n) is 7.83. The maximum absolute atomic E-state index is 12.9. The molecule has 3 aliphatic rings. The lowest BCUT2D eigenvalue weighted by atomic mass is 9.59. The van der Waals surface area contributed by atoms with Crippen molar-refractivity contribution in [3.8, 4) is 0 Å². The fourth-order valence-electron chi connectivity index (χ4n) is 5.91. The number of hydrogen-bond donors (Lipinski definition) is 2. The Morgan fingerprint density at radius 1 is 0.886 bits per heavy atom. The van der Waals surface area contributed by atoms with Crippen LogP contribution >= 0.6 is 0 Å². The quantitative estimate of drug-likeness (QED) is 0.385. The van der Waals surface area contributed by atoms with Crippen LogP contribution < -0.4 is 9.62 Å². The number of anilines is 2. The lowest BCUT2D eigenvalue weighted by Crippen LogP contribution is -2.44. The summed E-state index contributed by atoms with van der Waals surface area (Å²) in [6.45, 7) is 1.88. The Bertz CT molecular complexity index is 1250. The Hall–Kier alpha value is -3.12. The first kappa shape index (κ1) is 23.6. The number of sulfonamides is 1. The number of nitrogens with zero attached hydrogens (tertiary/aromatic N) is 1. The van der Waals surface area contributed by atoms with Gasteiger partial charge in [-0.3, -0.25) is 4.72 Å². The van der Waals surface area contributed by atoms with E-state index in [0.717, 1.165) is 55.8 Å². The number of benzene rings is 3. The Kier molecular flexibility index (Phi) is 6.91. The second-order valence-electron chi connectivity index (χ2n) is 9.81. The molecule has 2 atom stereocenters. The zero-order valence-electron chi connectivity index (χ0n) is 19.9. The van der Waals surface area contributed by atoms with Gasteiger partial charge in [0.1, 0.15) is 0 Å². The summed E-state index contributed by atoms with van der Waals surface area (Å²) in [5.74, 6) is 2.33. The van der Waals surface area contributed by atoms with E-state index in [4.69, 9.17) is 5.41 Å². The molecule has 3 fully saturated rings. The van der Waals surface area contributed by atoms with Crippen LogP contribution in [-0.4, -0.2) is 27.7 Å². The lowest BCUT2D eigenvalue weighted by molar-refractivity contribution is 0.0447. The minimum atomic E-state index is -3.72. The van der Waals surface area contributed by atoms with Crippen LogP contribution in [0.1, 0.15) is 36.8 Å². The zero-order valence-corrected chi connectivity index (χ0v) is 20.8. The first-order chi connectivity index (χ1) is 17.0. The summed E-state index contributed by atoms with van der Waals surface area (Å²) in [6.07, 6.45) is 7.33. The summed E-state index contributed by atoms with van der Waals surface area (Å²) in [7, 11) is -3.72. The molecule has 0 amide bonds. The average molecular weight is 488 g/mol. The van der Waals surface area contributed by atoms with Gasteiger partial charge in [0.2, 0.25) is 0 Å². The Morgan fingerprint density at radius 3 is 2.20 bits per heavy atom. The number of hydrogen-bond acceptors (Lipinski definition) is 4. The van der Waals surface area contributed by atoms with Crippen molar-refractivity contribution in [2.45, 2.75) is 37.0 Å². The highest BCUT2D eigenvalue weighted by Crippen LogP contribution is 2.48. The van der Waals surface area contributed by atoms with Gasteiger partial charge in [-0.15, -0.1) is 0 Å². The maximum Gasteiger partial charge on any atom is 0.261 e. The molecule has 2 heterocycles. The molecular weight excluding hydrogens is 454 g/mol. The summed E-state index contributed by atoms with van der Waals surface area (Å²) in [5, 5.41) is 8.08. The van der Waals surface area contributed by atoms with Gasteiger partial charge in [0.05, 0.1) is 10.6 Å². The smallest absolute Gasteiger partial charge is 0.261 e. The van der Waals surface area contributed by atoms with E-state index in [-0.39, 0.29) is 4.90 Å². The van der Waals surface area contributed by atoms with Crippen LogP contribution in [0, 0.1) is 23.2 Å². The van der Waals surface area contributed by atoms with Crippen LogP contribution in [0.5, 0.6) is 0 Å². The van der Waals surface area contributed by atoms with Gasteiger partial charge in [-0.1, -0.05) is 54.6 Å². The van der Waals surface area contributed by atoms with Gasteiger partial charge in [-0.2, -0.15) is 0 Å². The molecule has 6 heteroatoms. The third kappa shape index (κ3) is 5.13. The number of fused-ring (bicyclic) bond motifs is 4. The molecule has 1 saturated carbocycles. The van der Waals surface area contributed by atoms with Crippen molar-refractivity contribution in [1.82, 2.24) is 0 Å². The normalized spacial score (nSPS) is 21.9. The van der Waals surface area contributed by atoms with Crippen LogP contribution in [0.2, 0.25) is 0 Å². The van der Waals surface area contributed by atoms with Crippen LogP contribution in [0.4, 0.5) is 11.4 Å². The van der Waals surface area contributed by atoms with E-state index in [1.165, 1.54) is 24.6 Å². The van der Waals surface area contributed by atoms with Crippen molar-refractivity contribution in [2.75, 3.05) is 22.7 Å². The highest BCUT2D eigenvalue weighted by molar-refractivity contribution is 7.92. The maximum atomic E-state index is 12.9. The molecule has 2 aliphatic heterocycles.